The van der Waals surface area contributed by atoms with E-state index in [-0.39, 0.29) is 6.10 Å². The first-order valence-electron chi connectivity index (χ1n) is 6.58. The third kappa shape index (κ3) is 1.89. The summed E-state index contributed by atoms with van der Waals surface area (Å²) in [5.74, 6) is 2.41. The molecule has 2 aliphatic carbocycles. The molecule has 3 unspecified atom stereocenters. The molecule has 0 bridgehead atoms. The van der Waals surface area contributed by atoms with Gasteiger partial charge in [-0.2, -0.15) is 0 Å². The molecule has 2 fully saturated rings. The van der Waals surface area contributed by atoms with E-state index in [0.29, 0.717) is 5.92 Å². The highest BCUT2D eigenvalue weighted by Gasteiger charge is 2.55. The predicted molar refractivity (Wildman–Crippen MR) is 65.1 cm³/mol. The average molecular weight is 216 g/mol. The lowest BCUT2D eigenvalue weighted by Gasteiger charge is -2.12. The van der Waals surface area contributed by atoms with Crippen LogP contribution in [0.15, 0.2) is 30.3 Å². The Bertz CT molecular complexity index is 336. The lowest BCUT2D eigenvalue weighted by Crippen LogP contribution is -2.14. The fraction of sp³-hybridized carbons (Fsp3) is 0.600. The summed E-state index contributed by atoms with van der Waals surface area (Å²) in [5, 5.41) is 10.2. The van der Waals surface area contributed by atoms with Gasteiger partial charge in [0.1, 0.15) is 0 Å². The molecule has 16 heavy (non-hydrogen) atoms. The van der Waals surface area contributed by atoms with Gasteiger partial charge in [0, 0.05) is 0 Å². The first kappa shape index (κ1) is 10.3. The third-order valence-corrected chi connectivity index (χ3v) is 4.49. The van der Waals surface area contributed by atoms with Crippen LogP contribution in [0.2, 0.25) is 0 Å². The van der Waals surface area contributed by atoms with E-state index in [1.54, 1.807) is 0 Å². The second kappa shape index (κ2) is 4.21. The zero-order valence-corrected chi connectivity index (χ0v) is 9.68. The predicted octanol–water partition coefficient (Wildman–Crippen LogP) is 3.03. The molecule has 0 saturated heterocycles. The van der Waals surface area contributed by atoms with Gasteiger partial charge in [0.2, 0.25) is 0 Å². The molecule has 0 radical (unpaired) electrons. The summed E-state index contributed by atoms with van der Waals surface area (Å²) in [5.41, 5.74) is 1.35. The Morgan fingerprint density at radius 2 is 1.81 bits per heavy atom. The Hall–Kier alpha value is -0.820. The Kier molecular flexibility index (Phi) is 2.72. The van der Waals surface area contributed by atoms with E-state index in [9.17, 15) is 5.11 Å². The van der Waals surface area contributed by atoms with Gasteiger partial charge in [-0.1, -0.05) is 36.8 Å². The van der Waals surface area contributed by atoms with Crippen LogP contribution in [-0.2, 0) is 6.42 Å². The summed E-state index contributed by atoms with van der Waals surface area (Å²) in [4.78, 5) is 0. The maximum atomic E-state index is 10.2. The fourth-order valence-corrected chi connectivity index (χ4v) is 3.60. The zero-order valence-electron chi connectivity index (χ0n) is 9.68. The SMILES string of the molecule is OC(CCc1ccccc1)C1C2CCCC21. The number of aliphatic hydroxyl groups is 1. The molecule has 1 aromatic carbocycles. The Morgan fingerprint density at radius 3 is 2.50 bits per heavy atom. The molecule has 0 spiro atoms. The zero-order chi connectivity index (χ0) is 11.0. The van der Waals surface area contributed by atoms with Crippen molar-refractivity contribution < 1.29 is 5.11 Å². The van der Waals surface area contributed by atoms with Gasteiger partial charge in [-0.25, -0.2) is 0 Å². The second-order valence-electron chi connectivity index (χ2n) is 5.43. The van der Waals surface area contributed by atoms with Gasteiger partial charge in [0.05, 0.1) is 6.10 Å². The first-order valence-corrected chi connectivity index (χ1v) is 6.58. The van der Waals surface area contributed by atoms with Crippen molar-refractivity contribution >= 4 is 0 Å². The number of aliphatic hydroxyl groups excluding tert-OH is 1. The van der Waals surface area contributed by atoms with E-state index in [1.165, 1.54) is 24.8 Å². The van der Waals surface area contributed by atoms with Crippen LogP contribution in [0.4, 0.5) is 0 Å². The van der Waals surface area contributed by atoms with Crippen molar-refractivity contribution in [1.82, 2.24) is 0 Å². The maximum Gasteiger partial charge on any atom is 0.0577 e. The van der Waals surface area contributed by atoms with Crippen molar-refractivity contribution in [2.45, 2.75) is 38.2 Å². The van der Waals surface area contributed by atoms with Gasteiger partial charge >= 0.3 is 0 Å². The van der Waals surface area contributed by atoms with E-state index in [2.05, 4.69) is 24.3 Å². The Morgan fingerprint density at radius 1 is 1.12 bits per heavy atom. The summed E-state index contributed by atoms with van der Waals surface area (Å²) in [6.45, 7) is 0. The molecule has 0 aromatic heterocycles. The highest BCUT2D eigenvalue weighted by Crippen LogP contribution is 2.59. The normalized spacial score (nSPS) is 33.4. The van der Waals surface area contributed by atoms with Gasteiger partial charge < -0.3 is 5.11 Å². The number of hydrogen-bond acceptors (Lipinski definition) is 1. The topological polar surface area (TPSA) is 20.2 Å². The van der Waals surface area contributed by atoms with Crippen LogP contribution in [0.25, 0.3) is 0 Å². The summed E-state index contributed by atoms with van der Waals surface area (Å²) < 4.78 is 0. The summed E-state index contributed by atoms with van der Waals surface area (Å²) >= 11 is 0. The molecule has 1 N–H and O–H groups in total. The molecular weight excluding hydrogens is 196 g/mol. The van der Waals surface area contributed by atoms with Crippen LogP contribution < -0.4 is 0 Å². The number of fused-ring (bicyclic) bond motifs is 1. The Balaban J connectivity index is 1.49. The number of aryl methyl sites for hydroxylation is 1. The maximum absolute atomic E-state index is 10.2. The molecule has 3 atom stereocenters. The van der Waals surface area contributed by atoms with Gasteiger partial charge in [0.15, 0.2) is 0 Å². The van der Waals surface area contributed by atoms with Crippen LogP contribution in [0.3, 0.4) is 0 Å². The minimum atomic E-state index is -0.0458. The quantitative estimate of drug-likeness (QED) is 0.820. The highest BCUT2D eigenvalue weighted by molar-refractivity contribution is 5.15. The van der Waals surface area contributed by atoms with Gasteiger partial charge in [-0.05, 0) is 49.0 Å². The molecular formula is C15H20O. The van der Waals surface area contributed by atoms with E-state index >= 15 is 0 Å². The van der Waals surface area contributed by atoms with E-state index in [4.69, 9.17) is 0 Å². The molecule has 3 rings (SSSR count). The molecule has 1 heteroatoms. The number of benzene rings is 1. The van der Waals surface area contributed by atoms with E-state index in [0.717, 1.165) is 24.7 Å². The molecule has 0 heterocycles. The summed E-state index contributed by atoms with van der Waals surface area (Å²) in [6, 6.07) is 10.5. The van der Waals surface area contributed by atoms with Crippen molar-refractivity contribution in [3.8, 4) is 0 Å². The summed E-state index contributed by atoms with van der Waals surface area (Å²) in [7, 11) is 0. The lowest BCUT2D eigenvalue weighted by atomic mass is 10.00. The largest absolute Gasteiger partial charge is 0.393 e. The molecule has 0 aliphatic heterocycles. The van der Waals surface area contributed by atoms with Crippen molar-refractivity contribution in [1.29, 1.82) is 0 Å². The van der Waals surface area contributed by atoms with E-state index in [1.807, 2.05) is 6.07 Å². The molecule has 2 aliphatic rings. The van der Waals surface area contributed by atoms with E-state index < -0.39 is 0 Å². The first-order chi connectivity index (χ1) is 7.86. The molecule has 86 valence electrons. The van der Waals surface area contributed by atoms with Crippen molar-refractivity contribution in [3.63, 3.8) is 0 Å². The van der Waals surface area contributed by atoms with Crippen LogP contribution >= 0.6 is 0 Å². The standard InChI is InChI=1S/C15H20O/c16-14(15-12-7-4-8-13(12)15)10-9-11-5-2-1-3-6-11/h1-3,5-6,12-16H,4,7-10H2. The lowest BCUT2D eigenvalue weighted by molar-refractivity contribution is 0.126. The minimum Gasteiger partial charge on any atom is -0.393 e. The second-order valence-corrected chi connectivity index (χ2v) is 5.43. The summed E-state index contributed by atoms with van der Waals surface area (Å²) in [6.07, 6.45) is 6.07. The molecule has 0 amide bonds. The van der Waals surface area contributed by atoms with Crippen molar-refractivity contribution in [2.24, 2.45) is 17.8 Å². The van der Waals surface area contributed by atoms with Crippen molar-refractivity contribution in [3.05, 3.63) is 35.9 Å². The van der Waals surface area contributed by atoms with Gasteiger partial charge in [-0.3, -0.25) is 0 Å². The van der Waals surface area contributed by atoms with Gasteiger partial charge in [0.25, 0.3) is 0 Å². The Labute approximate surface area is 97.5 Å². The minimum absolute atomic E-state index is 0.0458. The van der Waals surface area contributed by atoms with Crippen molar-refractivity contribution in [2.75, 3.05) is 0 Å². The average Bonchev–Trinajstić information content (AvgIpc) is 2.81. The van der Waals surface area contributed by atoms with Crippen LogP contribution in [0, 0.1) is 17.8 Å². The number of rotatable bonds is 4. The van der Waals surface area contributed by atoms with Crippen LogP contribution in [0.1, 0.15) is 31.2 Å². The number of hydrogen-bond donors (Lipinski definition) is 1. The smallest absolute Gasteiger partial charge is 0.0577 e. The van der Waals surface area contributed by atoms with Crippen LogP contribution in [0.5, 0.6) is 0 Å². The monoisotopic (exact) mass is 216 g/mol. The highest BCUT2D eigenvalue weighted by atomic mass is 16.3. The molecule has 2 saturated carbocycles. The molecule has 1 aromatic rings. The third-order valence-electron chi connectivity index (χ3n) is 4.49. The fourth-order valence-electron chi connectivity index (χ4n) is 3.60. The van der Waals surface area contributed by atoms with Gasteiger partial charge in [-0.15, -0.1) is 0 Å². The molecule has 1 nitrogen and oxygen atoms in total. The van der Waals surface area contributed by atoms with Crippen LogP contribution in [-0.4, -0.2) is 11.2 Å².